The second kappa shape index (κ2) is 10.7. The van der Waals surface area contributed by atoms with Gasteiger partial charge >= 0.3 is 6.03 Å². The fourth-order valence-electron chi connectivity index (χ4n) is 3.81. The molecule has 0 bridgehead atoms. The summed E-state index contributed by atoms with van der Waals surface area (Å²) in [6, 6.07) is 23.1. The van der Waals surface area contributed by atoms with Crippen LogP contribution in [0.5, 0.6) is 11.5 Å². The quantitative estimate of drug-likeness (QED) is 0.500. The monoisotopic (exact) mass is 459 g/mol. The van der Waals surface area contributed by atoms with E-state index in [4.69, 9.17) is 14.3 Å². The van der Waals surface area contributed by atoms with Crippen molar-refractivity contribution in [3.63, 3.8) is 0 Å². The molecule has 2 amide bonds. The van der Waals surface area contributed by atoms with E-state index in [1.165, 1.54) is 5.56 Å². The maximum absolute atomic E-state index is 13.4. The molecule has 0 aromatic heterocycles. The van der Waals surface area contributed by atoms with Crippen molar-refractivity contribution in [3.8, 4) is 11.5 Å². The maximum Gasteiger partial charge on any atom is 0.322 e. The van der Waals surface area contributed by atoms with Crippen LogP contribution in [0, 0.1) is 6.92 Å². The van der Waals surface area contributed by atoms with Gasteiger partial charge in [-0.25, -0.2) is 4.79 Å². The fraction of sp³-hybridized carbons (Fsp3) is 0.259. The van der Waals surface area contributed by atoms with Gasteiger partial charge in [-0.15, -0.1) is 0 Å². The number of oxime groups is 1. The molecule has 7 nitrogen and oxygen atoms in total. The van der Waals surface area contributed by atoms with Gasteiger partial charge in [-0.05, 0) is 30.2 Å². The van der Waals surface area contributed by atoms with Gasteiger partial charge in [0.15, 0.2) is 6.10 Å². The Hall–Kier alpha value is -4.00. The van der Waals surface area contributed by atoms with Crippen molar-refractivity contribution in [2.24, 2.45) is 5.16 Å². The predicted octanol–water partition coefficient (Wildman–Crippen LogP) is 5.24. The number of benzene rings is 3. The lowest BCUT2D eigenvalue weighted by Crippen LogP contribution is -2.40. The molecule has 34 heavy (non-hydrogen) atoms. The first-order valence-corrected chi connectivity index (χ1v) is 11.2. The molecule has 7 heteroatoms. The highest BCUT2D eigenvalue weighted by atomic mass is 16.6. The molecule has 4 rings (SSSR count). The largest absolute Gasteiger partial charge is 0.497 e. The summed E-state index contributed by atoms with van der Waals surface area (Å²) >= 11 is 0. The van der Waals surface area contributed by atoms with Crippen molar-refractivity contribution in [2.75, 3.05) is 26.1 Å². The summed E-state index contributed by atoms with van der Waals surface area (Å²) in [6.45, 7) is 2.88. The highest BCUT2D eigenvalue weighted by molar-refractivity contribution is 6.01. The molecule has 0 aliphatic carbocycles. The van der Waals surface area contributed by atoms with Crippen LogP contribution in [-0.2, 0) is 11.4 Å². The zero-order chi connectivity index (χ0) is 23.9. The molecular formula is C27H29N3O4. The van der Waals surface area contributed by atoms with E-state index in [9.17, 15) is 4.79 Å². The third-order valence-corrected chi connectivity index (χ3v) is 5.70. The summed E-state index contributed by atoms with van der Waals surface area (Å²) in [7, 11) is 3.14. The van der Waals surface area contributed by atoms with E-state index in [0.29, 0.717) is 36.7 Å². The third kappa shape index (κ3) is 5.67. The van der Waals surface area contributed by atoms with Gasteiger partial charge in [0.05, 0.1) is 32.2 Å². The topological polar surface area (TPSA) is 72.4 Å². The van der Waals surface area contributed by atoms with Crippen molar-refractivity contribution in [3.05, 3.63) is 89.5 Å². The average Bonchev–Trinajstić information content (AvgIpc) is 3.33. The summed E-state index contributed by atoms with van der Waals surface area (Å²) in [4.78, 5) is 20.8. The number of hydrogen-bond donors (Lipinski definition) is 1. The Balaban J connectivity index is 1.48. The van der Waals surface area contributed by atoms with Crippen molar-refractivity contribution in [2.45, 2.75) is 26.0 Å². The van der Waals surface area contributed by atoms with E-state index in [1.807, 2.05) is 42.5 Å². The maximum atomic E-state index is 13.4. The molecule has 1 aliphatic rings. The molecule has 0 saturated carbocycles. The van der Waals surface area contributed by atoms with Crippen LogP contribution in [0.3, 0.4) is 0 Å². The number of anilines is 1. The first-order valence-electron chi connectivity index (χ1n) is 11.2. The Morgan fingerprint density at radius 2 is 1.82 bits per heavy atom. The number of amides is 2. The first-order chi connectivity index (χ1) is 16.6. The zero-order valence-corrected chi connectivity index (χ0v) is 19.7. The van der Waals surface area contributed by atoms with Crippen molar-refractivity contribution in [1.29, 1.82) is 0 Å². The molecule has 176 valence electrons. The van der Waals surface area contributed by atoms with Crippen LogP contribution in [0.4, 0.5) is 10.5 Å². The second-order valence-corrected chi connectivity index (χ2v) is 8.20. The number of rotatable bonds is 8. The lowest BCUT2D eigenvalue weighted by molar-refractivity contribution is 0.0608. The second-order valence-electron chi connectivity index (χ2n) is 8.20. The van der Waals surface area contributed by atoms with Crippen LogP contribution >= 0.6 is 0 Å². The average molecular weight is 460 g/mol. The lowest BCUT2D eigenvalue weighted by Gasteiger charge is -2.25. The SMILES string of the molecule is COc1ccc(NC(=O)N(Cc2ccccc2)CC2CC(c3ccc(C)cc3)=NO2)c(OC)c1. The number of hydrogen-bond acceptors (Lipinski definition) is 5. The van der Waals surface area contributed by atoms with Gasteiger partial charge in [-0.1, -0.05) is 65.3 Å². The molecule has 0 radical (unpaired) electrons. The fourth-order valence-corrected chi connectivity index (χ4v) is 3.81. The van der Waals surface area contributed by atoms with Crippen LogP contribution in [-0.4, -0.2) is 43.5 Å². The van der Waals surface area contributed by atoms with Crippen LogP contribution in [0.25, 0.3) is 0 Å². The van der Waals surface area contributed by atoms with Gasteiger partial charge in [0.25, 0.3) is 0 Å². The smallest absolute Gasteiger partial charge is 0.322 e. The molecule has 1 atom stereocenters. The van der Waals surface area contributed by atoms with E-state index in [2.05, 4.69) is 29.5 Å². The summed E-state index contributed by atoms with van der Waals surface area (Å²) in [5.41, 5.74) is 4.71. The van der Waals surface area contributed by atoms with Crippen LogP contribution in [0.2, 0.25) is 0 Å². The van der Waals surface area contributed by atoms with E-state index in [1.54, 1.807) is 37.3 Å². The van der Waals surface area contributed by atoms with E-state index in [0.717, 1.165) is 16.8 Å². The molecule has 1 heterocycles. The summed E-state index contributed by atoms with van der Waals surface area (Å²) in [5.74, 6) is 1.17. The van der Waals surface area contributed by atoms with Crippen molar-refractivity contribution in [1.82, 2.24) is 4.90 Å². The number of urea groups is 1. The minimum atomic E-state index is -0.250. The molecule has 1 N–H and O–H groups in total. The Morgan fingerprint density at radius 1 is 1.06 bits per heavy atom. The number of aryl methyl sites for hydroxylation is 1. The number of ether oxygens (including phenoxy) is 2. The molecule has 0 spiro atoms. The number of nitrogens with one attached hydrogen (secondary N) is 1. The Labute approximate surface area is 199 Å². The van der Waals surface area contributed by atoms with E-state index >= 15 is 0 Å². The summed E-state index contributed by atoms with van der Waals surface area (Å²) < 4.78 is 10.7. The number of carbonyl (C=O) groups excluding carboxylic acids is 1. The molecule has 0 saturated heterocycles. The summed E-state index contributed by atoms with van der Waals surface area (Å²) in [5, 5.41) is 7.26. The normalized spacial score (nSPS) is 14.7. The lowest BCUT2D eigenvalue weighted by atomic mass is 10.0. The van der Waals surface area contributed by atoms with Gasteiger partial charge < -0.3 is 24.5 Å². The zero-order valence-electron chi connectivity index (χ0n) is 19.7. The van der Waals surface area contributed by atoms with Crippen molar-refractivity contribution >= 4 is 17.4 Å². The Morgan fingerprint density at radius 3 is 2.53 bits per heavy atom. The van der Waals surface area contributed by atoms with Gasteiger partial charge in [0.2, 0.25) is 0 Å². The van der Waals surface area contributed by atoms with Gasteiger partial charge in [0, 0.05) is 19.0 Å². The standard InChI is InChI=1S/C27H29N3O4/c1-19-9-11-21(12-10-19)25-15-23(34-29-25)18-30(17-20-7-5-4-6-8-20)27(31)28-24-14-13-22(32-2)16-26(24)33-3/h4-14,16,23H,15,17-18H2,1-3H3,(H,28,31). The predicted molar refractivity (Wildman–Crippen MR) is 133 cm³/mol. The van der Waals surface area contributed by atoms with Crippen LogP contribution in [0.15, 0.2) is 78.0 Å². The third-order valence-electron chi connectivity index (χ3n) is 5.70. The minimum Gasteiger partial charge on any atom is -0.497 e. The summed E-state index contributed by atoms with van der Waals surface area (Å²) in [6.07, 6.45) is 0.400. The first kappa shape index (κ1) is 23.2. The number of carbonyl (C=O) groups is 1. The van der Waals surface area contributed by atoms with Gasteiger partial charge in [-0.2, -0.15) is 0 Å². The Bertz CT molecular complexity index is 1150. The number of methoxy groups -OCH3 is 2. The Kier molecular flexibility index (Phi) is 7.32. The van der Waals surface area contributed by atoms with Crippen molar-refractivity contribution < 1.29 is 19.1 Å². The molecule has 1 unspecified atom stereocenters. The minimum absolute atomic E-state index is 0.233. The number of nitrogens with zero attached hydrogens (tertiary/aromatic N) is 2. The highest BCUT2D eigenvalue weighted by Gasteiger charge is 2.27. The molecule has 3 aromatic rings. The van der Waals surface area contributed by atoms with Gasteiger partial charge in [-0.3, -0.25) is 0 Å². The van der Waals surface area contributed by atoms with Gasteiger partial charge in [0.1, 0.15) is 11.5 Å². The highest BCUT2D eigenvalue weighted by Crippen LogP contribution is 2.29. The molecule has 1 aliphatic heterocycles. The van der Waals surface area contributed by atoms with Crippen LogP contribution in [0.1, 0.15) is 23.1 Å². The van der Waals surface area contributed by atoms with E-state index in [-0.39, 0.29) is 12.1 Å². The van der Waals surface area contributed by atoms with E-state index < -0.39 is 0 Å². The van der Waals surface area contributed by atoms with Crippen LogP contribution < -0.4 is 14.8 Å². The molecular weight excluding hydrogens is 430 g/mol. The molecule has 0 fully saturated rings. The molecule has 3 aromatic carbocycles.